The van der Waals surface area contributed by atoms with Gasteiger partial charge in [0.25, 0.3) is 0 Å². The zero-order valence-electron chi connectivity index (χ0n) is 11.9. The molecule has 0 fully saturated rings. The predicted molar refractivity (Wildman–Crippen MR) is 89.2 cm³/mol. The van der Waals surface area contributed by atoms with Crippen molar-refractivity contribution in [1.29, 1.82) is 0 Å². The van der Waals surface area contributed by atoms with Crippen molar-refractivity contribution in [3.8, 4) is 11.3 Å². The van der Waals surface area contributed by atoms with Gasteiger partial charge in [0.2, 0.25) is 0 Å². The first-order valence-electron chi connectivity index (χ1n) is 7.16. The number of para-hydroxylation sites is 1. The van der Waals surface area contributed by atoms with E-state index in [9.17, 15) is 0 Å². The lowest BCUT2D eigenvalue weighted by atomic mass is 10.1. The van der Waals surface area contributed by atoms with E-state index in [4.69, 9.17) is 4.42 Å². The Labute approximate surface area is 128 Å². The van der Waals surface area contributed by atoms with Crippen LogP contribution in [-0.2, 0) is 0 Å². The minimum atomic E-state index is 0.767. The van der Waals surface area contributed by atoms with Gasteiger partial charge >= 0.3 is 0 Å². The van der Waals surface area contributed by atoms with Crippen LogP contribution in [0.5, 0.6) is 0 Å². The van der Waals surface area contributed by atoms with E-state index >= 15 is 0 Å². The lowest BCUT2D eigenvalue weighted by molar-refractivity contribution is 0.616. The normalized spacial score (nSPS) is 10.7. The van der Waals surface area contributed by atoms with E-state index in [0.717, 1.165) is 33.7 Å². The second-order valence-electron chi connectivity index (χ2n) is 5.05. The molecule has 0 saturated heterocycles. The van der Waals surface area contributed by atoms with Crippen LogP contribution in [-0.4, -0.2) is 4.98 Å². The van der Waals surface area contributed by atoms with Gasteiger partial charge in [-0.3, -0.25) is 0 Å². The molecule has 4 rings (SSSR count). The van der Waals surface area contributed by atoms with E-state index in [2.05, 4.69) is 22.4 Å². The van der Waals surface area contributed by atoms with E-state index in [-0.39, 0.29) is 0 Å². The molecule has 22 heavy (non-hydrogen) atoms. The maximum absolute atomic E-state index is 5.59. The van der Waals surface area contributed by atoms with Gasteiger partial charge in [0.1, 0.15) is 5.52 Å². The molecule has 0 unspecified atom stereocenters. The Morgan fingerprint density at radius 2 is 1.55 bits per heavy atom. The fourth-order valence-electron chi connectivity index (χ4n) is 2.48. The molecule has 0 bridgehead atoms. The third-order valence-corrected chi connectivity index (χ3v) is 3.53. The average Bonchev–Trinajstić information content (AvgIpc) is 3.05. The van der Waals surface area contributed by atoms with Crippen LogP contribution in [0.15, 0.2) is 83.5 Å². The molecule has 4 aromatic rings. The van der Waals surface area contributed by atoms with Crippen LogP contribution in [0.4, 0.5) is 11.4 Å². The summed E-state index contributed by atoms with van der Waals surface area (Å²) in [6, 6.07) is 24.1. The molecule has 0 radical (unpaired) electrons. The monoisotopic (exact) mass is 286 g/mol. The third kappa shape index (κ3) is 2.33. The highest BCUT2D eigenvalue weighted by Crippen LogP contribution is 2.30. The number of benzene rings is 2. The Bertz CT molecular complexity index is 899. The van der Waals surface area contributed by atoms with Gasteiger partial charge in [0.05, 0.1) is 17.6 Å². The molecule has 0 amide bonds. The molecular weight excluding hydrogens is 272 g/mol. The van der Waals surface area contributed by atoms with Gasteiger partial charge in [-0.2, -0.15) is 0 Å². The Morgan fingerprint density at radius 1 is 0.818 bits per heavy atom. The number of hydrogen-bond donors (Lipinski definition) is 1. The second-order valence-corrected chi connectivity index (χ2v) is 5.05. The van der Waals surface area contributed by atoms with Crippen LogP contribution in [0.2, 0.25) is 0 Å². The Kier molecular flexibility index (Phi) is 3.09. The summed E-state index contributed by atoms with van der Waals surface area (Å²) in [5.41, 5.74) is 5.56. The van der Waals surface area contributed by atoms with E-state index in [1.807, 2.05) is 60.7 Å². The Hall–Kier alpha value is -3.07. The second kappa shape index (κ2) is 5.37. The molecule has 2 heterocycles. The minimum Gasteiger partial charge on any atom is -0.460 e. The molecule has 2 aromatic carbocycles. The fourth-order valence-corrected chi connectivity index (χ4v) is 2.48. The van der Waals surface area contributed by atoms with E-state index < -0.39 is 0 Å². The van der Waals surface area contributed by atoms with Crippen LogP contribution in [0.3, 0.4) is 0 Å². The quantitative estimate of drug-likeness (QED) is 0.559. The molecule has 3 heteroatoms. The highest BCUT2D eigenvalue weighted by atomic mass is 16.3. The largest absolute Gasteiger partial charge is 0.460 e. The summed E-state index contributed by atoms with van der Waals surface area (Å²) in [5, 5.41) is 3.41. The maximum Gasteiger partial charge on any atom is 0.175 e. The number of anilines is 2. The molecule has 0 aliphatic carbocycles. The third-order valence-electron chi connectivity index (χ3n) is 3.53. The molecule has 106 valence electrons. The van der Waals surface area contributed by atoms with Gasteiger partial charge in [-0.25, -0.2) is 4.98 Å². The highest BCUT2D eigenvalue weighted by Gasteiger charge is 2.10. The minimum absolute atomic E-state index is 0.767. The highest BCUT2D eigenvalue weighted by molar-refractivity contribution is 5.91. The molecule has 0 aliphatic rings. The van der Waals surface area contributed by atoms with Crippen molar-refractivity contribution < 1.29 is 4.42 Å². The number of hydrogen-bond acceptors (Lipinski definition) is 3. The standard InChI is InChI=1S/C19H14N2O/c1-3-7-14(8-4-1)17-13-18(19-16(21-17)11-12-22-19)20-15-9-5-2-6-10-15/h1-13H,(H,20,21). The topological polar surface area (TPSA) is 38.1 Å². The van der Waals surface area contributed by atoms with Gasteiger partial charge in [-0.1, -0.05) is 48.5 Å². The zero-order valence-corrected chi connectivity index (χ0v) is 11.9. The van der Waals surface area contributed by atoms with Crippen LogP contribution in [0, 0.1) is 0 Å². The molecule has 2 aromatic heterocycles. The summed E-state index contributed by atoms with van der Waals surface area (Å²) in [4.78, 5) is 4.67. The van der Waals surface area contributed by atoms with Gasteiger partial charge in [-0.05, 0) is 18.2 Å². The Morgan fingerprint density at radius 3 is 2.32 bits per heavy atom. The summed E-state index contributed by atoms with van der Waals surface area (Å²) in [5.74, 6) is 0. The first-order chi connectivity index (χ1) is 10.9. The smallest absolute Gasteiger partial charge is 0.175 e. The summed E-state index contributed by atoms with van der Waals surface area (Å²) in [6.45, 7) is 0. The van der Waals surface area contributed by atoms with Crippen molar-refractivity contribution in [1.82, 2.24) is 4.98 Å². The van der Waals surface area contributed by atoms with Crippen LogP contribution < -0.4 is 5.32 Å². The van der Waals surface area contributed by atoms with Crippen LogP contribution in [0.1, 0.15) is 0 Å². The van der Waals surface area contributed by atoms with Crippen molar-refractivity contribution in [3.63, 3.8) is 0 Å². The van der Waals surface area contributed by atoms with Gasteiger partial charge < -0.3 is 9.73 Å². The first kappa shape index (κ1) is 12.7. The lowest BCUT2D eigenvalue weighted by Gasteiger charge is -2.09. The number of pyridine rings is 1. The van der Waals surface area contributed by atoms with Crippen molar-refractivity contribution >= 4 is 22.5 Å². The average molecular weight is 286 g/mol. The van der Waals surface area contributed by atoms with Crippen molar-refractivity contribution in [2.45, 2.75) is 0 Å². The lowest BCUT2D eigenvalue weighted by Crippen LogP contribution is -1.93. The number of aromatic nitrogens is 1. The molecule has 0 saturated carbocycles. The molecule has 1 N–H and O–H groups in total. The van der Waals surface area contributed by atoms with E-state index in [1.165, 1.54) is 0 Å². The summed E-state index contributed by atoms with van der Waals surface area (Å²) < 4.78 is 5.59. The number of furan rings is 1. The van der Waals surface area contributed by atoms with Gasteiger partial charge in [-0.15, -0.1) is 0 Å². The molecule has 0 aliphatic heterocycles. The van der Waals surface area contributed by atoms with Gasteiger partial charge in [0.15, 0.2) is 5.58 Å². The summed E-state index contributed by atoms with van der Waals surface area (Å²) >= 11 is 0. The Balaban J connectivity index is 1.84. The maximum atomic E-state index is 5.59. The van der Waals surface area contributed by atoms with Crippen LogP contribution in [0.25, 0.3) is 22.4 Å². The number of nitrogens with zero attached hydrogens (tertiary/aromatic N) is 1. The SMILES string of the molecule is c1ccc(Nc2cc(-c3ccccc3)nc3ccoc23)cc1. The molecular formula is C19H14N2O. The summed E-state index contributed by atoms with van der Waals surface area (Å²) in [6.07, 6.45) is 1.67. The van der Waals surface area contributed by atoms with E-state index in [1.54, 1.807) is 6.26 Å². The molecule has 3 nitrogen and oxygen atoms in total. The van der Waals surface area contributed by atoms with Crippen molar-refractivity contribution in [3.05, 3.63) is 79.1 Å². The zero-order chi connectivity index (χ0) is 14.8. The first-order valence-corrected chi connectivity index (χ1v) is 7.16. The number of nitrogens with one attached hydrogen (secondary N) is 1. The number of rotatable bonds is 3. The summed E-state index contributed by atoms with van der Waals surface area (Å²) in [7, 11) is 0. The number of fused-ring (bicyclic) bond motifs is 1. The van der Waals surface area contributed by atoms with Crippen molar-refractivity contribution in [2.75, 3.05) is 5.32 Å². The van der Waals surface area contributed by atoms with Crippen LogP contribution >= 0.6 is 0 Å². The molecule has 0 atom stereocenters. The predicted octanol–water partition coefficient (Wildman–Crippen LogP) is 5.24. The molecule has 0 spiro atoms. The fraction of sp³-hybridized carbons (Fsp3) is 0. The van der Waals surface area contributed by atoms with E-state index in [0.29, 0.717) is 0 Å². The van der Waals surface area contributed by atoms with Gasteiger partial charge in [0, 0.05) is 17.3 Å². The van der Waals surface area contributed by atoms with Crippen molar-refractivity contribution in [2.24, 2.45) is 0 Å².